The predicted molar refractivity (Wildman–Crippen MR) is 48.4 cm³/mol. The molecule has 0 radical (unpaired) electrons. The van der Waals surface area contributed by atoms with E-state index < -0.39 is 0 Å². The van der Waals surface area contributed by atoms with Crippen molar-refractivity contribution < 1.29 is 0 Å². The molecule has 0 saturated carbocycles. The van der Waals surface area contributed by atoms with Crippen LogP contribution in [-0.4, -0.2) is 13.2 Å². The van der Waals surface area contributed by atoms with Crippen molar-refractivity contribution in [1.82, 2.24) is 3.11 Å². The molecule has 1 nitrogen and oxygen atoms in total. The summed E-state index contributed by atoms with van der Waals surface area (Å²) in [6.07, 6.45) is 0. The standard InChI is InChI=1S/C2H3I2NS/c1-5(4)2(3)6/h1H3. The first-order valence-corrected chi connectivity index (χ1v) is 3.68. The number of nitrogens with zero attached hydrogens (tertiary/aromatic N) is 1. The molecule has 0 aromatic carbocycles. The van der Waals surface area contributed by atoms with Gasteiger partial charge in [0.2, 0.25) is 0 Å². The van der Waals surface area contributed by atoms with Gasteiger partial charge in [0.1, 0.15) is 3.00 Å². The molecule has 0 aliphatic heterocycles. The number of hydrogen-bond acceptors (Lipinski definition) is 1. The van der Waals surface area contributed by atoms with E-state index in [4.69, 9.17) is 12.2 Å². The van der Waals surface area contributed by atoms with Gasteiger partial charge < -0.3 is 3.11 Å². The smallest absolute Gasteiger partial charge is 0.148 e. The molecule has 0 fully saturated rings. The van der Waals surface area contributed by atoms with E-state index >= 15 is 0 Å². The van der Waals surface area contributed by atoms with Gasteiger partial charge in [0.05, 0.1) is 22.9 Å². The molecule has 0 saturated heterocycles. The minimum Gasteiger partial charge on any atom is -0.304 e. The lowest BCUT2D eigenvalue weighted by atomic mass is 11.3. The molecule has 4 heteroatoms. The Morgan fingerprint density at radius 1 is 1.83 bits per heavy atom. The zero-order chi connectivity index (χ0) is 5.15. The van der Waals surface area contributed by atoms with Gasteiger partial charge in [-0.3, -0.25) is 0 Å². The summed E-state index contributed by atoms with van der Waals surface area (Å²) in [6, 6.07) is 0. The van der Waals surface area contributed by atoms with Crippen LogP contribution in [0.4, 0.5) is 0 Å². The van der Waals surface area contributed by atoms with Crippen LogP contribution in [0.2, 0.25) is 0 Å². The highest BCUT2D eigenvalue weighted by atomic mass is 127. The van der Waals surface area contributed by atoms with Crippen molar-refractivity contribution in [3.8, 4) is 0 Å². The van der Waals surface area contributed by atoms with E-state index in [2.05, 4.69) is 45.5 Å². The van der Waals surface area contributed by atoms with Gasteiger partial charge in [0.15, 0.2) is 0 Å². The third-order valence-electron chi connectivity index (χ3n) is 0.242. The van der Waals surface area contributed by atoms with Gasteiger partial charge in [-0.1, -0.05) is 12.2 Å². The molecule has 0 unspecified atom stereocenters. The quantitative estimate of drug-likeness (QED) is 0.220. The average molecular weight is 327 g/mol. The molecule has 0 aromatic rings. The van der Waals surface area contributed by atoms with Crippen LogP contribution in [0.3, 0.4) is 0 Å². The lowest BCUT2D eigenvalue weighted by Crippen LogP contribution is -2.03. The van der Waals surface area contributed by atoms with Crippen LogP contribution >= 0.6 is 57.7 Å². The minimum atomic E-state index is 0.883. The van der Waals surface area contributed by atoms with Crippen LogP contribution in [-0.2, 0) is 0 Å². The molecule has 0 aromatic heterocycles. The van der Waals surface area contributed by atoms with Crippen molar-refractivity contribution in [3.63, 3.8) is 0 Å². The van der Waals surface area contributed by atoms with Gasteiger partial charge >= 0.3 is 0 Å². The van der Waals surface area contributed by atoms with Crippen molar-refractivity contribution in [2.45, 2.75) is 0 Å². The Balaban J connectivity index is 3.26. The summed E-state index contributed by atoms with van der Waals surface area (Å²) in [5.41, 5.74) is 0. The number of hydrogen-bond donors (Lipinski definition) is 0. The van der Waals surface area contributed by atoms with E-state index in [9.17, 15) is 0 Å². The monoisotopic (exact) mass is 327 g/mol. The summed E-state index contributed by atoms with van der Waals surface area (Å²) in [5.74, 6) is 0. The van der Waals surface area contributed by atoms with Gasteiger partial charge in [-0.05, 0) is 22.6 Å². The summed E-state index contributed by atoms with van der Waals surface area (Å²) >= 11 is 8.92. The Morgan fingerprint density at radius 3 is 2.00 bits per heavy atom. The maximum Gasteiger partial charge on any atom is 0.148 e. The molecule has 0 rings (SSSR count). The zero-order valence-electron chi connectivity index (χ0n) is 3.11. The van der Waals surface area contributed by atoms with E-state index in [-0.39, 0.29) is 0 Å². The van der Waals surface area contributed by atoms with Gasteiger partial charge in [0, 0.05) is 7.05 Å². The second-order valence-corrected chi connectivity index (χ2v) is 4.32. The average Bonchev–Trinajstić information content (AvgIpc) is 1.36. The van der Waals surface area contributed by atoms with Crippen LogP contribution in [0.25, 0.3) is 0 Å². The van der Waals surface area contributed by atoms with Gasteiger partial charge in [-0.15, -0.1) is 0 Å². The third-order valence-corrected chi connectivity index (χ3v) is 2.97. The first-order chi connectivity index (χ1) is 2.64. The van der Waals surface area contributed by atoms with E-state index in [0.29, 0.717) is 0 Å². The Morgan fingerprint density at radius 2 is 2.00 bits per heavy atom. The van der Waals surface area contributed by atoms with E-state index in [1.165, 1.54) is 0 Å². The fraction of sp³-hybridized carbons (Fsp3) is 0.500. The van der Waals surface area contributed by atoms with Crippen LogP contribution in [0.5, 0.6) is 0 Å². The molecular weight excluding hydrogens is 324 g/mol. The van der Waals surface area contributed by atoms with E-state index in [0.717, 1.165) is 3.00 Å². The summed E-state index contributed by atoms with van der Waals surface area (Å²) in [6.45, 7) is 0. The fourth-order valence-electron chi connectivity index (χ4n) is 0. The second kappa shape index (κ2) is 3.36. The highest BCUT2D eigenvalue weighted by Crippen LogP contribution is 2.01. The molecule has 0 aliphatic rings. The molecular formula is C2H3I2NS. The lowest BCUT2D eigenvalue weighted by molar-refractivity contribution is 0.952. The van der Waals surface area contributed by atoms with Crippen molar-refractivity contribution >= 4 is 60.7 Å². The van der Waals surface area contributed by atoms with Gasteiger partial charge in [0.25, 0.3) is 0 Å². The van der Waals surface area contributed by atoms with Crippen molar-refractivity contribution in [1.29, 1.82) is 0 Å². The summed E-state index contributed by atoms with van der Waals surface area (Å²) in [5, 5.41) is 0. The van der Waals surface area contributed by atoms with Crippen molar-refractivity contribution in [2.75, 3.05) is 7.05 Å². The normalized spacial score (nSPS) is 7.83. The SMILES string of the molecule is CN(I)C(=S)I. The molecule has 0 atom stereocenters. The fourth-order valence-corrected chi connectivity index (χ4v) is 0. The van der Waals surface area contributed by atoms with E-state index in [1.54, 1.807) is 0 Å². The number of rotatable bonds is 0. The zero-order valence-corrected chi connectivity index (χ0v) is 8.24. The Labute approximate surface area is 70.1 Å². The summed E-state index contributed by atoms with van der Waals surface area (Å²) < 4.78 is 2.74. The molecule has 0 spiro atoms. The highest BCUT2D eigenvalue weighted by molar-refractivity contribution is 14.1. The van der Waals surface area contributed by atoms with Gasteiger partial charge in [-0.25, -0.2) is 0 Å². The highest BCUT2D eigenvalue weighted by Gasteiger charge is 1.87. The lowest BCUT2D eigenvalue weighted by Gasteiger charge is -2.00. The predicted octanol–water partition coefficient (Wildman–Crippen LogP) is 1.99. The summed E-state index contributed by atoms with van der Waals surface area (Å²) in [7, 11) is 1.91. The maximum atomic E-state index is 4.72. The topological polar surface area (TPSA) is 3.24 Å². The Kier molecular flexibility index (Phi) is 4.12. The van der Waals surface area contributed by atoms with Crippen molar-refractivity contribution in [3.05, 3.63) is 0 Å². The third kappa shape index (κ3) is 3.54. The Bertz CT molecular complexity index is 62.6. The van der Waals surface area contributed by atoms with Gasteiger partial charge in [-0.2, -0.15) is 0 Å². The summed E-state index contributed by atoms with van der Waals surface area (Å²) in [4.78, 5) is 0. The van der Waals surface area contributed by atoms with Crippen molar-refractivity contribution in [2.24, 2.45) is 0 Å². The molecule has 0 bridgehead atoms. The minimum absolute atomic E-state index is 0.883. The first kappa shape index (κ1) is 7.35. The molecule has 0 heterocycles. The molecule has 36 valence electrons. The van der Waals surface area contributed by atoms with Crippen LogP contribution in [0.1, 0.15) is 0 Å². The maximum absolute atomic E-state index is 4.72. The van der Waals surface area contributed by atoms with E-state index in [1.807, 2.05) is 10.2 Å². The number of thiocarbonyl (C=S) groups is 1. The molecule has 0 N–H and O–H groups in total. The van der Waals surface area contributed by atoms with Crippen LogP contribution < -0.4 is 0 Å². The number of halogens is 2. The molecule has 0 aliphatic carbocycles. The largest absolute Gasteiger partial charge is 0.304 e. The molecule has 6 heavy (non-hydrogen) atoms. The van der Waals surface area contributed by atoms with Crippen LogP contribution in [0, 0.1) is 0 Å². The second-order valence-electron chi connectivity index (χ2n) is 0.730. The first-order valence-electron chi connectivity index (χ1n) is 1.23. The Hall–Kier alpha value is 1.35. The molecule has 0 amide bonds. The van der Waals surface area contributed by atoms with Crippen LogP contribution in [0.15, 0.2) is 0 Å².